The first-order valence-electron chi connectivity index (χ1n) is 7.67. The van der Waals surface area contributed by atoms with E-state index in [4.69, 9.17) is 14.2 Å². The molecule has 1 heterocycles. The standard InChI is InChI=1S/C18H13N3O6/c1-25-15-5-3-13(21(23)24)8-14(15)20-18(22)12(9-19)6-11-2-4-16-17(7-11)27-10-26-16/h2-8H,10H2,1H3,(H,20,22)/b12-6+. The summed E-state index contributed by atoms with van der Waals surface area (Å²) in [7, 11) is 1.37. The summed E-state index contributed by atoms with van der Waals surface area (Å²) >= 11 is 0. The molecule has 0 radical (unpaired) electrons. The van der Waals surface area contributed by atoms with Gasteiger partial charge in [0.1, 0.15) is 17.4 Å². The van der Waals surface area contributed by atoms with Gasteiger partial charge in [-0.3, -0.25) is 14.9 Å². The quantitative estimate of drug-likeness (QED) is 0.373. The predicted octanol–water partition coefficient (Wildman–Crippen LogP) is 2.88. The molecular weight excluding hydrogens is 354 g/mol. The number of nitriles is 1. The Morgan fingerprint density at radius 2 is 2.07 bits per heavy atom. The number of carbonyl (C=O) groups is 1. The Bertz CT molecular complexity index is 993. The second-order valence-electron chi connectivity index (χ2n) is 5.38. The number of fused-ring (bicyclic) bond motifs is 1. The van der Waals surface area contributed by atoms with Gasteiger partial charge in [-0.25, -0.2) is 0 Å². The molecule has 2 aromatic carbocycles. The number of benzene rings is 2. The van der Waals surface area contributed by atoms with Crippen molar-refractivity contribution in [2.75, 3.05) is 19.2 Å². The number of ether oxygens (including phenoxy) is 3. The van der Waals surface area contributed by atoms with Crippen molar-refractivity contribution in [2.24, 2.45) is 0 Å². The highest BCUT2D eigenvalue weighted by Crippen LogP contribution is 2.33. The molecule has 0 bridgehead atoms. The van der Waals surface area contributed by atoms with Crippen LogP contribution in [0.5, 0.6) is 17.2 Å². The first-order valence-corrected chi connectivity index (χ1v) is 7.67. The third kappa shape index (κ3) is 3.80. The maximum absolute atomic E-state index is 12.4. The van der Waals surface area contributed by atoms with E-state index < -0.39 is 10.8 Å². The van der Waals surface area contributed by atoms with E-state index in [1.165, 1.54) is 25.3 Å². The third-order valence-electron chi connectivity index (χ3n) is 3.71. The van der Waals surface area contributed by atoms with E-state index in [-0.39, 0.29) is 29.5 Å². The van der Waals surface area contributed by atoms with Gasteiger partial charge in [0.05, 0.1) is 17.7 Å². The largest absolute Gasteiger partial charge is 0.495 e. The van der Waals surface area contributed by atoms with Gasteiger partial charge in [-0.05, 0) is 29.8 Å². The molecule has 1 N–H and O–H groups in total. The molecule has 136 valence electrons. The van der Waals surface area contributed by atoms with Crippen LogP contribution in [-0.4, -0.2) is 24.7 Å². The molecule has 0 aliphatic carbocycles. The molecule has 9 heteroatoms. The second-order valence-corrected chi connectivity index (χ2v) is 5.38. The number of hydrogen-bond donors (Lipinski definition) is 1. The van der Waals surface area contributed by atoms with Gasteiger partial charge in [0.25, 0.3) is 11.6 Å². The summed E-state index contributed by atoms with van der Waals surface area (Å²) < 4.78 is 15.6. The molecule has 1 aliphatic heterocycles. The summed E-state index contributed by atoms with van der Waals surface area (Å²) in [6.45, 7) is 0.112. The van der Waals surface area contributed by atoms with Crippen molar-refractivity contribution in [3.8, 4) is 23.3 Å². The van der Waals surface area contributed by atoms with Crippen molar-refractivity contribution < 1.29 is 23.9 Å². The lowest BCUT2D eigenvalue weighted by Crippen LogP contribution is -2.14. The van der Waals surface area contributed by atoms with E-state index in [9.17, 15) is 20.2 Å². The van der Waals surface area contributed by atoms with Gasteiger partial charge in [0.15, 0.2) is 11.5 Å². The van der Waals surface area contributed by atoms with E-state index in [2.05, 4.69) is 5.32 Å². The number of nitro groups is 1. The molecule has 0 unspecified atom stereocenters. The zero-order chi connectivity index (χ0) is 19.4. The first kappa shape index (κ1) is 17.8. The topological polar surface area (TPSA) is 124 Å². The van der Waals surface area contributed by atoms with Gasteiger partial charge in [0, 0.05) is 12.1 Å². The van der Waals surface area contributed by atoms with Crippen molar-refractivity contribution in [1.29, 1.82) is 5.26 Å². The van der Waals surface area contributed by atoms with Gasteiger partial charge in [-0.15, -0.1) is 0 Å². The maximum atomic E-state index is 12.4. The molecule has 0 spiro atoms. The van der Waals surface area contributed by atoms with Crippen LogP contribution in [0.2, 0.25) is 0 Å². The summed E-state index contributed by atoms with van der Waals surface area (Å²) in [5.41, 5.74) is 0.243. The maximum Gasteiger partial charge on any atom is 0.271 e. The van der Waals surface area contributed by atoms with Crippen molar-refractivity contribution in [3.63, 3.8) is 0 Å². The smallest absolute Gasteiger partial charge is 0.271 e. The van der Waals surface area contributed by atoms with Crippen LogP contribution in [0.3, 0.4) is 0 Å². The van der Waals surface area contributed by atoms with Gasteiger partial charge >= 0.3 is 0 Å². The van der Waals surface area contributed by atoms with Crippen LogP contribution >= 0.6 is 0 Å². The van der Waals surface area contributed by atoms with E-state index in [1.54, 1.807) is 18.2 Å². The van der Waals surface area contributed by atoms with Crippen LogP contribution in [0.1, 0.15) is 5.56 Å². The number of rotatable bonds is 5. The fourth-order valence-corrected chi connectivity index (χ4v) is 2.42. The zero-order valence-electron chi connectivity index (χ0n) is 14.1. The molecule has 27 heavy (non-hydrogen) atoms. The summed E-state index contributed by atoms with van der Waals surface area (Å²) in [5.74, 6) is 0.599. The first-order chi connectivity index (χ1) is 13.0. The number of carbonyl (C=O) groups excluding carboxylic acids is 1. The Balaban J connectivity index is 1.87. The number of methoxy groups -OCH3 is 1. The van der Waals surface area contributed by atoms with Crippen LogP contribution in [0, 0.1) is 21.4 Å². The highest BCUT2D eigenvalue weighted by molar-refractivity contribution is 6.10. The van der Waals surface area contributed by atoms with Gasteiger partial charge in [0.2, 0.25) is 6.79 Å². The average molecular weight is 367 g/mol. The van der Waals surface area contributed by atoms with E-state index in [0.29, 0.717) is 17.1 Å². The van der Waals surface area contributed by atoms with Crippen LogP contribution < -0.4 is 19.5 Å². The van der Waals surface area contributed by atoms with E-state index in [0.717, 1.165) is 6.07 Å². The third-order valence-corrected chi connectivity index (χ3v) is 3.71. The lowest BCUT2D eigenvalue weighted by Gasteiger charge is -2.09. The number of anilines is 1. The number of nitro benzene ring substituents is 1. The summed E-state index contributed by atoms with van der Waals surface area (Å²) in [5, 5.41) is 22.7. The lowest BCUT2D eigenvalue weighted by atomic mass is 10.1. The summed E-state index contributed by atoms with van der Waals surface area (Å²) in [4.78, 5) is 22.8. The number of hydrogen-bond acceptors (Lipinski definition) is 7. The van der Waals surface area contributed by atoms with E-state index in [1.807, 2.05) is 6.07 Å². The minimum atomic E-state index is -0.728. The molecule has 0 saturated carbocycles. The van der Waals surface area contributed by atoms with Gasteiger partial charge < -0.3 is 19.5 Å². The SMILES string of the molecule is COc1ccc([N+](=O)[O-])cc1NC(=O)/C(C#N)=C/c1ccc2c(c1)OCO2. The molecule has 1 aliphatic rings. The monoisotopic (exact) mass is 367 g/mol. The molecule has 0 saturated heterocycles. The molecule has 0 atom stereocenters. The Morgan fingerprint density at radius 3 is 2.78 bits per heavy atom. The molecule has 3 rings (SSSR count). The van der Waals surface area contributed by atoms with Crippen molar-refractivity contribution in [3.05, 3.63) is 57.6 Å². The molecule has 0 aromatic heterocycles. The molecule has 2 aromatic rings. The Hall–Kier alpha value is -4.06. The minimum absolute atomic E-state index is 0.0866. The predicted molar refractivity (Wildman–Crippen MR) is 94.4 cm³/mol. The van der Waals surface area contributed by atoms with Crippen LogP contribution in [0.15, 0.2) is 42.0 Å². The van der Waals surface area contributed by atoms with Gasteiger partial charge in [-0.1, -0.05) is 6.07 Å². The number of non-ortho nitro benzene ring substituents is 1. The Kier molecular flexibility index (Phi) is 4.90. The van der Waals surface area contributed by atoms with Crippen LogP contribution in [0.25, 0.3) is 6.08 Å². The van der Waals surface area contributed by atoms with Crippen LogP contribution in [-0.2, 0) is 4.79 Å². The fraction of sp³-hybridized carbons (Fsp3) is 0.111. The summed E-state index contributed by atoms with van der Waals surface area (Å²) in [6, 6.07) is 10.6. The highest BCUT2D eigenvalue weighted by atomic mass is 16.7. The van der Waals surface area contributed by atoms with Crippen molar-refractivity contribution in [2.45, 2.75) is 0 Å². The number of nitrogens with one attached hydrogen (secondary N) is 1. The van der Waals surface area contributed by atoms with E-state index >= 15 is 0 Å². The summed E-state index contributed by atoms with van der Waals surface area (Å²) in [6.07, 6.45) is 1.38. The Labute approximate surface area is 153 Å². The van der Waals surface area contributed by atoms with Crippen molar-refractivity contribution in [1.82, 2.24) is 0 Å². The fourth-order valence-electron chi connectivity index (χ4n) is 2.42. The zero-order valence-corrected chi connectivity index (χ0v) is 14.1. The number of amides is 1. The molecule has 0 fully saturated rings. The molecule has 1 amide bonds. The van der Waals surface area contributed by atoms with Gasteiger partial charge in [-0.2, -0.15) is 5.26 Å². The Morgan fingerprint density at radius 1 is 1.30 bits per heavy atom. The van der Waals surface area contributed by atoms with Crippen molar-refractivity contribution >= 4 is 23.4 Å². The molecular formula is C18H13N3O6. The number of nitrogens with zero attached hydrogens (tertiary/aromatic N) is 2. The van der Waals surface area contributed by atoms with Crippen LogP contribution in [0.4, 0.5) is 11.4 Å². The lowest BCUT2D eigenvalue weighted by molar-refractivity contribution is -0.384. The highest BCUT2D eigenvalue weighted by Gasteiger charge is 2.17. The normalized spacial score (nSPS) is 12.2. The second kappa shape index (κ2) is 7.45. The average Bonchev–Trinajstić information content (AvgIpc) is 3.13. The molecule has 9 nitrogen and oxygen atoms in total. The minimum Gasteiger partial charge on any atom is -0.495 e.